The molecule has 9 heteroatoms. The Morgan fingerprint density at radius 1 is 1.21 bits per heavy atom. The van der Waals surface area contributed by atoms with Gasteiger partial charge in [0.05, 0.1) is 6.54 Å². The number of hydrogen-bond donors (Lipinski definition) is 3. The topological polar surface area (TPSA) is 90.5 Å². The van der Waals surface area contributed by atoms with E-state index >= 15 is 0 Å². The van der Waals surface area contributed by atoms with Crippen LogP contribution < -0.4 is 16.0 Å². The van der Waals surface area contributed by atoms with Crippen LogP contribution in [-0.4, -0.2) is 54.2 Å². The molecule has 1 aromatic carbocycles. The second-order valence-corrected chi connectivity index (χ2v) is 7.95. The van der Waals surface area contributed by atoms with E-state index in [0.29, 0.717) is 38.0 Å². The number of carbonyl (C=O) groups excluding carboxylic acids is 3. The third-order valence-corrected chi connectivity index (χ3v) is 5.94. The van der Waals surface area contributed by atoms with E-state index in [1.807, 2.05) is 6.07 Å². The first-order valence-corrected chi connectivity index (χ1v) is 9.91. The van der Waals surface area contributed by atoms with Crippen molar-refractivity contribution in [1.29, 1.82) is 0 Å². The van der Waals surface area contributed by atoms with Crippen LogP contribution in [0.2, 0.25) is 0 Å². The van der Waals surface area contributed by atoms with Gasteiger partial charge in [-0.25, -0.2) is 8.78 Å². The Hall–Kier alpha value is -2.39. The normalized spacial score (nSPS) is 26.4. The van der Waals surface area contributed by atoms with Crippen LogP contribution in [-0.2, 0) is 22.7 Å². The number of nitrogens with zero attached hydrogens (tertiary/aromatic N) is 1. The maximum atomic E-state index is 13.9. The number of fused-ring (bicyclic) bond motifs is 1. The Bertz CT molecular complexity index is 845. The van der Waals surface area contributed by atoms with Crippen LogP contribution in [0.1, 0.15) is 40.7 Å². The lowest BCUT2D eigenvalue weighted by Gasteiger charge is -2.32. The van der Waals surface area contributed by atoms with Gasteiger partial charge in [-0.1, -0.05) is 12.1 Å². The van der Waals surface area contributed by atoms with E-state index in [1.54, 1.807) is 12.1 Å². The standard InChI is InChI=1S/C20H24F2N4O3/c21-20(22)11-23-6-5-14(20)9-24-8-12-1-2-15-13(7-12)10-26(19(15)29)16-3-4-17(27)25-18(16)28/h1-2,7,14,16,23-24H,3-6,8-11H2,(H,25,27,28). The lowest BCUT2D eigenvalue weighted by Crippen LogP contribution is -2.52. The minimum absolute atomic E-state index is 0.215. The number of nitrogens with one attached hydrogen (secondary N) is 3. The zero-order valence-corrected chi connectivity index (χ0v) is 16.0. The van der Waals surface area contributed by atoms with Gasteiger partial charge in [0.2, 0.25) is 11.8 Å². The number of carbonyl (C=O) groups is 3. The fourth-order valence-electron chi connectivity index (χ4n) is 4.27. The number of imide groups is 1. The summed E-state index contributed by atoms with van der Waals surface area (Å²) in [7, 11) is 0. The van der Waals surface area contributed by atoms with E-state index in [1.165, 1.54) is 4.90 Å². The smallest absolute Gasteiger partial charge is 0.264 e. The van der Waals surface area contributed by atoms with Gasteiger partial charge in [-0.05, 0) is 36.6 Å². The van der Waals surface area contributed by atoms with Crippen LogP contribution in [0.25, 0.3) is 0 Å². The lowest BCUT2D eigenvalue weighted by atomic mass is 9.94. The van der Waals surface area contributed by atoms with E-state index in [9.17, 15) is 23.2 Å². The number of benzene rings is 1. The second-order valence-electron chi connectivity index (χ2n) is 7.95. The average molecular weight is 406 g/mol. The molecule has 0 radical (unpaired) electrons. The zero-order valence-electron chi connectivity index (χ0n) is 16.0. The molecule has 2 unspecified atom stereocenters. The van der Waals surface area contributed by atoms with Crippen LogP contribution in [0.15, 0.2) is 18.2 Å². The fourth-order valence-corrected chi connectivity index (χ4v) is 4.27. The van der Waals surface area contributed by atoms with E-state index < -0.39 is 23.8 Å². The van der Waals surface area contributed by atoms with Gasteiger partial charge in [-0.2, -0.15) is 0 Å². The number of alkyl halides is 2. The number of rotatable bonds is 5. The summed E-state index contributed by atoms with van der Waals surface area (Å²) in [5.74, 6) is -4.38. The molecular weight excluding hydrogens is 382 g/mol. The van der Waals surface area contributed by atoms with Crippen LogP contribution in [0, 0.1) is 5.92 Å². The molecule has 4 rings (SSSR count). The molecule has 7 nitrogen and oxygen atoms in total. The molecule has 0 aromatic heterocycles. The van der Waals surface area contributed by atoms with Gasteiger partial charge in [0.25, 0.3) is 11.8 Å². The van der Waals surface area contributed by atoms with Crippen molar-refractivity contribution in [2.24, 2.45) is 5.92 Å². The summed E-state index contributed by atoms with van der Waals surface area (Å²) in [6.07, 6.45) is 0.968. The van der Waals surface area contributed by atoms with Crippen molar-refractivity contribution in [2.75, 3.05) is 19.6 Å². The molecule has 3 aliphatic heterocycles. The van der Waals surface area contributed by atoms with E-state index in [4.69, 9.17) is 0 Å². The summed E-state index contributed by atoms with van der Waals surface area (Å²) in [6, 6.07) is 4.77. The highest BCUT2D eigenvalue weighted by molar-refractivity contribution is 6.05. The van der Waals surface area contributed by atoms with Gasteiger partial charge in [-0.15, -0.1) is 0 Å². The summed E-state index contributed by atoms with van der Waals surface area (Å²) >= 11 is 0. The Balaban J connectivity index is 1.37. The van der Waals surface area contributed by atoms with Crippen molar-refractivity contribution >= 4 is 17.7 Å². The van der Waals surface area contributed by atoms with Crippen molar-refractivity contribution < 1.29 is 23.2 Å². The van der Waals surface area contributed by atoms with Crippen LogP contribution in [0.4, 0.5) is 8.78 Å². The Labute approximate surface area is 167 Å². The second kappa shape index (κ2) is 7.79. The molecule has 2 atom stereocenters. The van der Waals surface area contributed by atoms with Crippen molar-refractivity contribution in [3.63, 3.8) is 0 Å². The zero-order chi connectivity index (χ0) is 20.6. The summed E-state index contributed by atoms with van der Waals surface area (Å²) in [5.41, 5.74) is 2.26. The van der Waals surface area contributed by atoms with Crippen molar-refractivity contribution in [3.05, 3.63) is 34.9 Å². The fraction of sp³-hybridized carbons (Fsp3) is 0.550. The summed E-state index contributed by atoms with van der Waals surface area (Å²) in [4.78, 5) is 37.6. The molecule has 0 spiro atoms. The molecule has 3 amide bonds. The highest BCUT2D eigenvalue weighted by Gasteiger charge is 2.41. The number of halogens is 2. The molecule has 2 saturated heterocycles. The van der Waals surface area contributed by atoms with Gasteiger partial charge in [0.1, 0.15) is 6.04 Å². The summed E-state index contributed by atoms with van der Waals surface area (Å²) < 4.78 is 27.8. The monoisotopic (exact) mass is 406 g/mol. The maximum Gasteiger partial charge on any atom is 0.264 e. The van der Waals surface area contributed by atoms with Crippen molar-refractivity contribution in [1.82, 2.24) is 20.9 Å². The van der Waals surface area contributed by atoms with E-state index in [0.717, 1.165) is 11.1 Å². The molecule has 1 aromatic rings. The largest absolute Gasteiger partial charge is 0.322 e. The van der Waals surface area contributed by atoms with Gasteiger partial charge in [-0.3, -0.25) is 19.7 Å². The van der Waals surface area contributed by atoms with E-state index in [-0.39, 0.29) is 31.3 Å². The summed E-state index contributed by atoms with van der Waals surface area (Å²) in [6.45, 7) is 1.28. The van der Waals surface area contributed by atoms with Crippen LogP contribution in [0.5, 0.6) is 0 Å². The average Bonchev–Trinajstić information content (AvgIpc) is 2.99. The SMILES string of the molecule is O=C1CCC(N2Cc3cc(CNCC4CCNCC4(F)F)ccc3C2=O)C(=O)N1. The first kappa shape index (κ1) is 19.9. The Morgan fingerprint density at radius 2 is 2.03 bits per heavy atom. The molecule has 3 heterocycles. The predicted octanol–water partition coefficient (Wildman–Crippen LogP) is 0.782. The van der Waals surface area contributed by atoms with Crippen LogP contribution >= 0.6 is 0 Å². The molecular formula is C20H24F2N4O3. The highest BCUT2D eigenvalue weighted by Crippen LogP contribution is 2.30. The Morgan fingerprint density at radius 3 is 2.79 bits per heavy atom. The predicted molar refractivity (Wildman–Crippen MR) is 100 cm³/mol. The maximum absolute atomic E-state index is 13.9. The van der Waals surface area contributed by atoms with Gasteiger partial charge < -0.3 is 15.5 Å². The molecule has 0 bridgehead atoms. The van der Waals surface area contributed by atoms with Gasteiger partial charge in [0.15, 0.2) is 0 Å². The lowest BCUT2D eigenvalue weighted by molar-refractivity contribution is -0.136. The molecule has 3 aliphatic rings. The van der Waals surface area contributed by atoms with Crippen molar-refractivity contribution in [3.8, 4) is 0 Å². The van der Waals surface area contributed by atoms with Crippen LogP contribution in [0.3, 0.4) is 0 Å². The molecule has 2 fully saturated rings. The Kier molecular flexibility index (Phi) is 5.35. The quantitative estimate of drug-likeness (QED) is 0.629. The highest BCUT2D eigenvalue weighted by atomic mass is 19.3. The molecule has 156 valence electrons. The van der Waals surface area contributed by atoms with E-state index in [2.05, 4.69) is 16.0 Å². The minimum atomic E-state index is -2.71. The van der Waals surface area contributed by atoms with Gasteiger partial charge in [0, 0.05) is 37.5 Å². The number of piperidine rings is 2. The summed E-state index contributed by atoms with van der Waals surface area (Å²) in [5, 5.41) is 8.11. The number of hydrogen-bond acceptors (Lipinski definition) is 5. The number of amides is 3. The molecule has 3 N–H and O–H groups in total. The first-order chi connectivity index (χ1) is 13.8. The molecule has 0 saturated carbocycles. The van der Waals surface area contributed by atoms with Crippen molar-refractivity contribution in [2.45, 2.75) is 44.3 Å². The third kappa shape index (κ3) is 4.02. The van der Waals surface area contributed by atoms with Gasteiger partial charge >= 0.3 is 0 Å². The molecule has 29 heavy (non-hydrogen) atoms. The third-order valence-electron chi connectivity index (χ3n) is 5.94. The first-order valence-electron chi connectivity index (χ1n) is 9.91. The minimum Gasteiger partial charge on any atom is -0.322 e. The molecule has 0 aliphatic carbocycles.